The van der Waals surface area contributed by atoms with Crippen LogP contribution in [0.3, 0.4) is 0 Å². The van der Waals surface area contributed by atoms with Gasteiger partial charge in [-0.1, -0.05) is 61.7 Å². The summed E-state index contributed by atoms with van der Waals surface area (Å²) in [6, 6.07) is 25.0. The molecule has 4 heteroatoms. The van der Waals surface area contributed by atoms with Crippen LogP contribution in [0.2, 0.25) is 0 Å². The molecular formula is C25H22IrN2Y-2. The van der Waals surface area contributed by atoms with Gasteiger partial charge in [0, 0.05) is 76.3 Å². The molecule has 5 aromatic rings. The number of aromatic nitrogens is 2. The Kier molecular flexibility index (Phi) is 7.93. The second-order valence-electron chi connectivity index (χ2n) is 7.06. The van der Waals surface area contributed by atoms with Crippen LogP contribution in [-0.2, 0) is 52.8 Å². The molecule has 0 aliphatic rings. The summed E-state index contributed by atoms with van der Waals surface area (Å²) in [7, 11) is 0. The van der Waals surface area contributed by atoms with E-state index in [9.17, 15) is 0 Å². The van der Waals surface area contributed by atoms with Crippen molar-refractivity contribution in [2.75, 3.05) is 0 Å². The summed E-state index contributed by atoms with van der Waals surface area (Å²) in [5.74, 6) is 0.538. The van der Waals surface area contributed by atoms with E-state index in [1.54, 1.807) is 0 Å². The molecule has 0 atom stereocenters. The summed E-state index contributed by atoms with van der Waals surface area (Å²) >= 11 is 0. The number of benzene rings is 3. The van der Waals surface area contributed by atoms with Gasteiger partial charge in [-0.3, -0.25) is 4.98 Å². The minimum atomic E-state index is 0. The smallest absolute Gasteiger partial charge is 0.0608 e. The number of pyridine rings is 1. The molecule has 0 spiro atoms. The molecular weight excluding hydrogens is 609 g/mol. The third kappa shape index (κ3) is 3.99. The second kappa shape index (κ2) is 9.62. The van der Waals surface area contributed by atoms with E-state index < -0.39 is 0 Å². The topological polar surface area (TPSA) is 17.3 Å². The van der Waals surface area contributed by atoms with E-state index in [0.717, 1.165) is 11.0 Å². The van der Waals surface area contributed by atoms with Gasteiger partial charge in [0.1, 0.15) is 0 Å². The van der Waals surface area contributed by atoms with Crippen LogP contribution in [0.25, 0.3) is 38.4 Å². The van der Waals surface area contributed by atoms with Crippen molar-refractivity contribution < 1.29 is 52.8 Å². The SMILES string of the molecule is CC(C)c1ccc(-c2cccc3c4ccc[c-]c4c4nccn4c23)cc1.[CH3-].[Ir].[Y]. The Hall–Kier alpha value is -1.38. The number of nitrogens with zero attached hydrogens (tertiary/aromatic N) is 2. The van der Waals surface area contributed by atoms with Crippen molar-refractivity contribution in [3.63, 3.8) is 0 Å². The first-order chi connectivity index (χ1) is 12.7. The van der Waals surface area contributed by atoms with Gasteiger partial charge in [-0.05, 0) is 22.4 Å². The molecule has 0 N–H and O–H groups in total. The van der Waals surface area contributed by atoms with Crippen LogP contribution in [0.15, 0.2) is 73.1 Å². The molecule has 0 fully saturated rings. The first kappa shape index (κ1) is 23.9. The summed E-state index contributed by atoms with van der Waals surface area (Å²) in [4.78, 5) is 4.60. The second-order valence-corrected chi connectivity index (χ2v) is 7.06. The fourth-order valence-corrected chi connectivity index (χ4v) is 3.82. The molecule has 29 heavy (non-hydrogen) atoms. The Labute approximate surface area is 211 Å². The van der Waals surface area contributed by atoms with Crippen molar-refractivity contribution in [1.29, 1.82) is 0 Å². The van der Waals surface area contributed by atoms with Gasteiger partial charge in [0.05, 0.1) is 5.65 Å². The normalized spacial score (nSPS) is 10.6. The van der Waals surface area contributed by atoms with E-state index >= 15 is 0 Å². The Morgan fingerprint density at radius 1 is 0.931 bits per heavy atom. The van der Waals surface area contributed by atoms with Crippen LogP contribution in [0, 0.1) is 13.5 Å². The van der Waals surface area contributed by atoms with E-state index in [1.165, 1.54) is 33.0 Å². The van der Waals surface area contributed by atoms with Crippen LogP contribution < -0.4 is 0 Å². The molecule has 2 heterocycles. The van der Waals surface area contributed by atoms with Gasteiger partial charge in [-0.2, -0.15) is 0 Å². The third-order valence-electron chi connectivity index (χ3n) is 5.18. The molecule has 2 nitrogen and oxygen atoms in total. The third-order valence-corrected chi connectivity index (χ3v) is 5.18. The molecule has 0 unspecified atom stereocenters. The van der Waals surface area contributed by atoms with E-state index in [1.807, 2.05) is 24.5 Å². The Balaban J connectivity index is 0.000001000. The fraction of sp³-hybridized carbons (Fsp3) is 0.120. The monoisotopic (exact) mass is 632 g/mol. The fourth-order valence-electron chi connectivity index (χ4n) is 3.82. The van der Waals surface area contributed by atoms with E-state index in [-0.39, 0.29) is 60.2 Å². The molecule has 2 aromatic heterocycles. The standard InChI is InChI=1S/C24H19N2.CH3.Ir.Y/c1-16(2)17-10-12-18(13-11-17)19-8-5-9-21-20-6-3-4-7-22(20)24-25-14-15-26(24)23(19)21;;;/h3-6,8-16H,1-2H3;1H3;;/q2*-1;;. The van der Waals surface area contributed by atoms with Gasteiger partial charge in [-0.25, -0.2) is 0 Å². The first-order valence-electron chi connectivity index (χ1n) is 9.02. The largest absolute Gasteiger partial charge is 0.358 e. The maximum atomic E-state index is 4.60. The quantitative estimate of drug-likeness (QED) is 0.157. The van der Waals surface area contributed by atoms with Crippen LogP contribution in [0.5, 0.6) is 0 Å². The van der Waals surface area contributed by atoms with Crippen molar-refractivity contribution >= 4 is 27.3 Å². The zero-order valence-electron chi connectivity index (χ0n) is 16.8. The minimum absolute atomic E-state index is 0. The first-order valence-corrected chi connectivity index (χ1v) is 9.02. The minimum Gasteiger partial charge on any atom is -0.358 e. The van der Waals surface area contributed by atoms with Gasteiger partial charge in [-0.15, -0.1) is 29.7 Å². The molecule has 5 rings (SSSR count). The van der Waals surface area contributed by atoms with Crippen LogP contribution in [0.4, 0.5) is 0 Å². The number of para-hydroxylation sites is 1. The molecule has 0 aliphatic heterocycles. The maximum Gasteiger partial charge on any atom is 0.0608 e. The molecule has 0 amide bonds. The van der Waals surface area contributed by atoms with E-state index in [4.69, 9.17) is 0 Å². The number of hydrogen-bond acceptors (Lipinski definition) is 1. The Morgan fingerprint density at radius 3 is 2.38 bits per heavy atom. The molecule has 0 aliphatic carbocycles. The summed E-state index contributed by atoms with van der Waals surface area (Å²) in [5, 5.41) is 3.49. The van der Waals surface area contributed by atoms with Gasteiger partial charge in [0.15, 0.2) is 0 Å². The zero-order chi connectivity index (χ0) is 17.7. The van der Waals surface area contributed by atoms with Gasteiger partial charge in [0.2, 0.25) is 0 Å². The molecule has 0 saturated heterocycles. The number of rotatable bonds is 2. The number of hydrogen-bond donors (Lipinski definition) is 0. The summed E-state index contributed by atoms with van der Waals surface area (Å²) in [5.41, 5.74) is 5.98. The van der Waals surface area contributed by atoms with Crippen LogP contribution >= 0.6 is 0 Å². The predicted octanol–water partition coefficient (Wildman–Crippen LogP) is 6.68. The molecule has 0 bridgehead atoms. The van der Waals surface area contributed by atoms with Gasteiger partial charge >= 0.3 is 0 Å². The molecule has 0 saturated carbocycles. The zero-order valence-corrected chi connectivity index (χ0v) is 22.0. The molecule has 2 radical (unpaired) electrons. The summed E-state index contributed by atoms with van der Waals surface area (Å²) in [6.45, 7) is 4.45. The van der Waals surface area contributed by atoms with Crippen molar-refractivity contribution in [1.82, 2.24) is 9.38 Å². The summed E-state index contributed by atoms with van der Waals surface area (Å²) < 4.78 is 2.19. The van der Waals surface area contributed by atoms with Crippen molar-refractivity contribution in [2.45, 2.75) is 19.8 Å². The van der Waals surface area contributed by atoms with Crippen molar-refractivity contribution in [3.05, 3.63) is 92.1 Å². The van der Waals surface area contributed by atoms with Crippen molar-refractivity contribution in [3.8, 4) is 11.1 Å². The Bertz CT molecular complexity index is 1260. The average Bonchev–Trinajstić information content (AvgIpc) is 3.18. The van der Waals surface area contributed by atoms with E-state index in [2.05, 4.69) is 77.8 Å². The Morgan fingerprint density at radius 2 is 1.66 bits per heavy atom. The number of fused-ring (bicyclic) bond motifs is 6. The number of imidazole rings is 1. The average molecular weight is 632 g/mol. The van der Waals surface area contributed by atoms with Gasteiger partial charge in [0.25, 0.3) is 0 Å². The maximum absolute atomic E-state index is 4.60. The van der Waals surface area contributed by atoms with Crippen molar-refractivity contribution in [2.24, 2.45) is 0 Å². The van der Waals surface area contributed by atoms with Gasteiger partial charge < -0.3 is 11.8 Å². The van der Waals surface area contributed by atoms with Crippen LogP contribution in [-0.4, -0.2) is 9.38 Å². The predicted molar refractivity (Wildman–Crippen MR) is 115 cm³/mol. The van der Waals surface area contributed by atoms with E-state index in [0.29, 0.717) is 5.92 Å². The van der Waals surface area contributed by atoms with Crippen LogP contribution in [0.1, 0.15) is 25.3 Å². The molecule has 3 aromatic carbocycles. The molecule has 146 valence electrons. The summed E-state index contributed by atoms with van der Waals surface area (Å²) in [6.07, 6.45) is 3.91.